The van der Waals surface area contributed by atoms with Crippen LogP contribution in [0.15, 0.2) is 57.7 Å². The van der Waals surface area contributed by atoms with Crippen molar-refractivity contribution in [3.63, 3.8) is 0 Å². The number of benzene rings is 2. The summed E-state index contributed by atoms with van der Waals surface area (Å²) in [7, 11) is 5.54. The molecule has 0 spiro atoms. The quantitative estimate of drug-likeness (QED) is 0.395. The zero-order valence-electron chi connectivity index (χ0n) is 17.5. The van der Waals surface area contributed by atoms with E-state index in [0.717, 1.165) is 5.56 Å². The number of rotatable bonds is 7. The maximum Gasteiger partial charge on any atom is 0.236 e. The van der Waals surface area contributed by atoms with E-state index in [1.807, 2.05) is 45.0 Å². The molecule has 6 nitrogen and oxygen atoms in total. The second kappa shape index (κ2) is 8.75. The molecule has 0 bridgehead atoms. The van der Waals surface area contributed by atoms with E-state index in [2.05, 4.69) is 15.1 Å². The highest BCUT2D eigenvalue weighted by atomic mass is 19.1. The van der Waals surface area contributed by atoms with Gasteiger partial charge in [0.1, 0.15) is 31.4 Å². The zero-order valence-corrected chi connectivity index (χ0v) is 17.5. The molecule has 1 atom stereocenters. The molecule has 0 N–H and O–H groups in total. The summed E-state index contributed by atoms with van der Waals surface area (Å²) >= 11 is 0. The minimum Gasteiger partial charge on any atom is -0.481 e. The lowest BCUT2D eigenvalue weighted by molar-refractivity contribution is 0.165. The molecule has 2 heterocycles. The van der Waals surface area contributed by atoms with Crippen LogP contribution in [-0.2, 0) is 0 Å². The van der Waals surface area contributed by atoms with Gasteiger partial charge in [-0.3, -0.25) is 0 Å². The van der Waals surface area contributed by atoms with Crippen LogP contribution in [0.1, 0.15) is 51.0 Å². The third-order valence-corrected chi connectivity index (χ3v) is 4.79. The molecule has 4 aromatic rings. The molecule has 0 saturated heterocycles. The van der Waals surface area contributed by atoms with Gasteiger partial charge in [0, 0.05) is 17.0 Å². The average Bonchev–Trinajstić information content (AvgIpc) is 3.45. The van der Waals surface area contributed by atoms with Crippen LogP contribution in [-0.4, -0.2) is 23.0 Å². The van der Waals surface area contributed by atoms with Crippen molar-refractivity contribution in [2.75, 3.05) is 0 Å². The second-order valence-corrected chi connectivity index (χ2v) is 7.46. The highest BCUT2D eigenvalue weighted by Crippen LogP contribution is 2.29. The summed E-state index contributed by atoms with van der Waals surface area (Å²) in [5.74, 6) is 1.88. The van der Waals surface area contributed by atoms with Crippen LogP contribution >= 0.6 is 0 Å². The van der Waals surface area contributed by atoms with E-state index in [1.165, 1.54) is 18.4 Å². The summed E-state index contributed by atoms with van der Waals surface area (Å²) in [5.41, 5.74) is 2.03. The fraction of sp³-hybridized carbons (Fsp3) is 0.261. The van der Waals surface area contributed by atoms with Crippen molar-refractivity contribution >= 4 is 13.3 Å². The van der Waals surface area contributed by atoms with Crippen molar-refractivity contribution in [2.45, 2.75) is 39.2 Å². The highest BCUT2D eigenvalue weighted by Gasteiger charge is 2.19. The molecule has 0 aliphatic heterocycles. The Morgan fingerprint density at radius 1 is 1.03 bits per heavy atom. The van der Waals surface area contributed by atoms with Gasteiger partial charge < -0.3 is 13.7 Å². The maximum atomic E-state index is 13.8. The molecular formula is C23H21BFN3O3. The van der Waals surface area contributed by atoms with Gasteiger partial charge in [0.2, 0.25) is 17.6 Å². The minimum atomic E-state index is -0.493. The summed E-state index contributed by atoms with van der Waals surface area (Å²) in [4.78, 5) is 8.87. The first-order chi connectivity index (χ1) is 14.9. The third-order valence-electron chi connectivity index (χ3n) is 4.79. The van der Waals surface area contributed by atoms with Crippen LogP contribution < -0.4 is 10.2 Å². The second-order valence-electron chi connectivity index (χ2n) is 7.46. The molecule has 2 aromatic heterocycles. The molecule has 0 fully saturated rings. The van der Waals surface area contributed by atoms with Gasteiger partial charge in [-0.2, -0.15) is 4.98 Å². The molecule has 156 valence electrons. The smallest absolute Gasteiger partial charge is 0.236 e. The predicted octanol–water partition coefficient (Wildman–Crippen LogP) is 4.98. The van der Waals surface area contributed by atoms with Crippen LogP contribution in [0.25, 0.3) is 22.6 Å². The predicted molar refractivity (Wildman–Crippen MR) is 115 cm³/mol. The van der Waals surface area contributed by atoms with Gasteiger partial charge in [0.25, 0.3) is 0 Å². The lowest BCUT2D eigenvalue weighted by Crippen LogP contribution is -2.08. The summed E-state index contributed by atoms with van der Waals surface area (Å²) in [6.45, 7) is 5.96. The molecule has 2 radical (unpaired) electrons. The van der Waals surface area contributed by atoms with E-state index < -0.39 is 11.9 Å². The van der Waals surface area contributed by atoms with E-state index in [1.54, 1.807) is 6.07 Å². The van der Waals surface area contributed by atoms with Gasteiger partial charge >= 0.3 is 0 Å². The molecule has 8 heteroatoms. The van der Waals surface area contributed by atoms with E-state index >= 15 is 0 Å². The first kappa shape index (κ1) is 20.8. The lowest BCUT2D eigenvalue weighted by Gasteiger charge is -2.14. The Kier molecular flexibility index (Phi) is 5.89. The minimum absolute atomic E-state index is 0.0898. The standard InChI is InChI=1S/C23H21BFN3O3/c1-4-20(23-26-19(12-29-23)15-7-10-17(24)18(25)11-15)30-16-8-5-14(6-9-16)21-27-22(13(2)3)31-28-21/h5-13,20H,4H2,1-3H3. The number of nitrogens with zero attached hydrogens (tertiary/aromatic N) is 3. The van der Waals surface area contributed by atoms with Crippen molar-refractivity contribution in [2.24, 2.45) is 0 Å². The van der Waals surface area contributed by atoms with Crippen molar-refractivity contribution in [3.05, 3.63) is 66.3 Å². The fourth-order valence-electron chi connectivity index (χ4n) is 3.00. The molecule has 0 aliphatic rings. The molecule has 1 unspecified atom stereocenters. The van der Waals surface area contributed by atoms with Crippen LogP contribution in [0.2, 0.25) is 0 Å². The highest BCUT2D eigenvalue weighted by molar-refractivity contribution is 6.32. The molecule has 4 rings (SSSR count). The molecule has 0 saturated carbocycles. The molecule has 0 amide bonds. The molecular weight excluding hydrogens is 396 g/mol. The Bertz CT molecular complexity index is 1170. The zero-order chi connectivity index (χ0) is 22.0. The molecule has 31 heavy (non-hydrogen) atoms. The van der Waals surface area contributed by atoms with Gasteiger partial charge in [-0.25, -0.2) is 9.37 Å². The van der Waals surface area contributed by atoms with Crippen LogP contribution in [0.3, 0.4) is 0 Å². The number of hydrogen-bond donors (Lipinski definition) is 0. The van der Waals surface area contributed by atoms with Crippen molar-refractivity contribution in [1.29, 1.82) is 0 Å². The Labute approximate surface area is 180 Å². The van der Waals surface area contributed by atoms with Gasteiger partial charge in [-0.1, -0.05) is 43.5 Å². The largest absolute Gasteiger partial charge is 0.481 e. The van der Waals surface area contributed by atoms with E-state index in [9.17, 15) is 4.39 Å². The Balaban J connectivity index is 1.49. The summed E-state index contributed by atoms with van der Waals surface area (Å²) in [6, 6.07) is 11.9. The van der Waals surface area contributed by atoms with Gasteiger partial charge in [0.05, 0.1) is 0 Å². The first-order valence-electron chi connectivity index (χ1n) is 10.1. The number of hydrogen-bond acceptors (Lipinski definition) is 6. The lowest BCUT2D eigenvalue weighted by atomic mass is 9.94. The third kappa shape index (κ3) is 4.53. The summed E-state index contributed by atoms with van der Waals surface area (Å²) in [5, 5.41) is 4.02. The van der Waals surface area contributed by atoms with Gasteiger partial charge in [-0.15, -0.1) is 0 Å². The van der Waals surface area contributed by atoms with E-state index in [-0.39, 0.29) is 11.4 Å². The fourth-order valence-corrected chi connectivity index (χ4v) is 3.00. The summed E-state index contributed by atoms with van der Waals surface area (Å²) in [6.07, 6.45) is 1.73. The van der Waals surface area contributed by atoms with Gasteiger partial charge in [0.15, 0.2) is 6.10 Å². The average molecular weight is 417 g/mol. The Morgan fingerprint density at radius 3 is 2.42 bits per heavy atom. The molecule has 0 aliphatic carbocycles. The van der Waals surface area contributed by atoms with Crippen molar-refractivity contribution < 1.29 is 18.1 Å². The van der Waals surface area contributed by atoms with Crippen LogP contribution in [0, 0.1) is 5.82 Å². The SMILES string of the molecule is [B]c1ccc(-c2coc(C(CC)Oc3ccc(-c4noc(C(C)C)n4)cc3)n2)cc1F. The van der Waals surface area contributed by atoms with E-state index in [4.69, 9.17) is 21.5 Å². The number of halogens is 1. The first-order valence-corrected chi connectivity index (χ1v) is 10.1. The monoisotopic (exact) mass is 417 g/mol. The topological polar surface area (TPSA) is 74.2 Å². The van der Waals surface area contributed by atoms with Gasteiger partial charge in [-0.05, 0) is 36.8 Å². The van der Waals surface area contributed by atoms with Crippen LogP contribution in [0.4, 0.5) is 4.39 Å². The summed E-state index contributed by atoms with van der Waals surface area (Å²) < 4.78 is 30.7. The van der Waals surface area contributed by atoms with Crippen molar-refractivity contribution in [1.82, 2.24) is 15.1 Å². The number of aromatic nitrogens is 3. The molecule has 2 aromatic carbocycles. The number of ether oxygens (including phenoxy) is 1. The van der Waals surface area contributed by atoms with Crippen LogP contribution in [0.5, 0.6) is 5.75 Å². The number of oxazole rings is 1. The Hall–Kier alpha value is -3.42. The Morgan fingerprint density at radius 2 is 1.77 bits per heavy atom. The normalized spacial score (nSPS) is 12.3. The van der Waals surface area contributed by atoms with E-state index in [0.29, 0.717) is 41.0 Å². The van der Waals surface area contributed by atoms with Crippen molar-refractivity contribution in [3.8, 4) is 28.4 Å². The maximum absolute atomic E-state index is 13.8.